The van der Waals surface area contributed by atoms with E-state index in [0.717, 1.165) is 21.9 Å². The number of fused-ring (bicyclic) bond motifs is 1. The van der Waals surface area contributed by atoms with Gasteiger partial charge in [0.05, 0.1) is 10.6 Å². The normalized spacial score (nSPS) is 11.3. The van der Waals surface area contributed by atoms with Crippen LogP contribution in [-0.2, 0) is 16.6 Å². The molecule has 0 atom stereocenters. The number of carbonyl (C=O) groups is 1. The van der Waals surface area contributed by atoms with Gasteiger partial charge in [0.25, 0.3) is 15.9 Å². The van der Waals surface area contributed by atoms with E-state index in [0.29, 0.717) is 17.8 Å². The Hall–Kier alpha value is -3.64. The molecule has 0 unspecified atom stereocenters. The molecule has 0 aliphatic rings. The predicted octanol–water partition coefficient (Wildman–Crippen LogP) is 5.22. The molecule has 1 amide bonds. The molecule has 4 aromatic carbocycles. The molecule has 0 spiro atoms. The highest BCUT2D eigenvalue weighted by atomic mass is 32.2. The number of carbonyl (C=O) groups excluding carboxylic acids is 1. The van der Waals surface area contributed by atoms with E-state index in [2.05, 4.69) is 4.72 Å². The fraction of sp³-hybridized carbons (Fsp3) is 0.115. The quantitative estimate of drug-likeness (QED) is 0.443. The van der Waals surface area contributed by atoms with Crippen LogP contribution in [0.5, 0.6) is 0 Å². The Balaban J connectivity index is 1.57. The average Bonchev–Trinajstić information content (AvgIpc) is 2.80. The summed E-state index contributed by atoms with van der Waals surface area (Å²) in [5, 5.41) is 2.20. The summed E-state index contributed by atoms with van der Waals surface area (Å²) >= 11 is 0. The van der Waals surface area contributed by atoms with Crippen LogP contribution in [0.25, 0.3) is 10.8 Å². The lowest BCUT2D eigenvalue weighted by molar-refractivity contribution is 0.0785. The van der Waals surface area contributed by atoms with Crippen LogP contribution in [0.1, 0.15) is 21.5 Å². The summed E-state index contributed by atoms with van der Waals surface area (Å²) in [6, 6.07) is 27.3. The van der Waals surface area contributed by atoms with Crippen molar-refractivity contribution in [1.82, 2.24) is 4.90 Å². The molecule has 162 valence electrons. The van der Waals surface area contributed by atoms with Gasteiger partial charge in [-0.15, -0.1) is 0 Å². The Bertz CT molecular complexity index is 1390. The molecule has 5 nitrogen and oxygen atoms in total. The van der Waals surface area contributed by atoms with Gasteiger partial charge < -0.3 is 4.90 Å². The van der Waals surface area contributed by atoms with Crippen molar-refractivity contribution in [2.45, 2.75) is 18.4 Å². The van der Waals surface area contributed by atoms with Crippen LogP contribution in [0.2, 0.25) is 0 Å². The van der Waals surface area contributed by atoms with Gasteiger partial charge in [-0.2, -0.15) is 0 Å². The van der Waals surface area contributed by atoms with E-state index < -0.39 is 10.0 Å². The number of rotatable bonds is 6. The smallest absolute Gasteiger partial charge is 0.261 e. The van der Waals surface area contributed by atoms with E-state index in [1.165, 1.54) is 12.1 Å². The third-order valence-electron chi connectivity index (χ3n) is 5.41. The van der Waals surface area contributed by atoms with Crippen LogP contribution in [0, 0.1) is 6.92 Å². The van der Waals surface area contributed by atoms with Crippen LogP contribution >= 0.6 is 0 Å². The zero-order chi connectivity index (χ0) is 22.7. The number of nitrogens with one attached hydrogen (secondary N) is 1. The van der Waals surface area contributed by atoms with Crippen molar-refractivity contribution in [3.63, 3.8) is 0 Å². The summed E-state index contributed by atoms with van der Waals surface area (Å²) in [5.74, 6) is -0.245. The summed E-state index contributed by atoms with van der Waals surface area (Å²) in [5.41, 5.74) is 2.68. The number of para-hydroxylation sites is 1. The molecular formula is C26H24N2O3S. The van der Waals surface area contributed by atoms with Crippen molar-refractivity contribution in [3.05, 3.63) is 108 Å². The van der Waals surface area contributed by atoms with Crippen molar-refractivity contribution in [2.24, 2.45) is 0 Å². The maximum atomic E-state index is 13.1. The molecule has 0 aliphatic carbocycles. The summed E-state index contributed by atoms with van der Waals surface area (Å²) in [7, 11) is -2.11. The molecule has 1 N–H and O–H groups in total. The standard InChI is InChI=1S/C26H24N2O3S/c1-19-9-3-6-16-25(19)27-32(30,31)23-14-8-12-21(17-23)26(29)28(2)18-22-13-7-11-20-10-4-5-15-24(20)22/h3-17,27H,18H2,1-2H3. The van der Waals surface area contributed by atoms with E-state index in [4.69, 9.17) is 0 Å². The molecule has 0 saturated heterocycles. The number of hydrogen-bond acceptors (Lipinski definition) is 3. The van der Waals surface area contributed by atoms with E-state index in [1.54, 1.807) is 36.2 Å². The minimum Gasteiger partial charge on any atom is -0.337 e. The second kappa shape index (κ2) is 8.85. The first kappa shape index (κ1) is 21.6. The highest BCUT2D eigenvalue weighted by Gasteiger charge is 2.19. The van der Waals surface area contributed by atoms with Gasteiger partial charge in [-0.3, -0.25) is 9.52 Å². The molecule has 32 heavy (non-hydrogen) atoms. The fourth-order valence-corrected chi connectivity index (χ4v) is 4.84. The summed E-state index contributed by atoms with van der Waals surface area (Å²) in [6.45, 7) is 2.25. The Labute approximate surface area is 188 Å². The van der Waals surface area contributed by atoms with Crippen molar-refractivity contribution >= 4 is 32.4 Å². The van der Waals surface area contributed by atoms with Gasteiger partial charge in [0.15, 0.2) is 0 Å². The number of aryl methyl sites for hydroxylation is 1. The SMILES string of the molecule is Cc1ccccc1NS(=O)(=O)c1cccc(C(=O)N(C)Cc2cccc3ccccc23)c1. The van der Waals surface area contributed by atoms with Crippen LogP contribution in [-0.4, -0.2) is 26.3 Å². The summed E-state index contributed by atoms with van der Waals surface area (Å²) in [4.78, 5) is 14.7. The second-order valence-corrected chi connectivity index (χ2v) is 9.43. The molecule has 0 radical (unpaired) electrons. The Morgan fingerprint density at radius 2 is 1.56 bits per heavy atom. The first-order valence-corrected chi connectivity index (χ1v) is 11.7. The minimum atomic E-state index is -3.83. The van der Waals surface area contributed by atoms with Crippen LogP contribution in [0.4, 0.5) is 5.69 Å². The van der Waals surface area contributed by atoms with Gasteiger partial charge in [-0.05, 0) is 53.1 Å². The number of hydrogen-bond donors (Lipinski definition) is 1. The van der Waals surface area contributed by atoms with E-state index in [-0.39, 0.29) is 10.8 Å². The highest BCUT2D eigenvalue weighted by Crippen LogP contribution is 2.22. The largest absolute Gasteiger partial charge is 0.337 e. The molecule has 0 saturated carbocycles. The lowest BCUT2D eigenvalue weighted by Gasteiger charge is -2.19. The van der Waals surface area contributed by atoms with Crippen LogP contribution in [0.3, 0.4) is 0 Å². The first-order valence-electron chi connectivity index (χ1n) is 10.3. The Morgan fingerprint density at radius 3 is 2.38 bits per heavy atom. The molecule has 0 aromatic heterocycles. The Kier molecular flexibility index (Phi) is 5.97. The first-order chi connectivity index (χ1) is 15.3. The average molecular weight is 445 g/mol. The van der Waals surface area contributed by atoms with Gasteiger partial charge in [0, 0.05) is 19.2 Å². The number of sulfonamides is 1. The lowest BCUT2D eigenvalue weighted by Crippen LogP contribution is -2.26. The van der Waals surface area contributed by atoms with Gasteiger partial charge in [0.1, 0.15) is 0 Å². The number of anilines is 1. The molecule has 4 aromatic rings. The lowest BCUT2D eigenvalue weighted by atomic mass is 10.0. The summed E-state index contributed by atoms with van der Waals surface area (Å²) < 4.78 is 28.4. The number of nitrogens with zero attached hydrogens (tertiary/aromatic N) is 1. The molecule has 0 aliphatic heterocycles. The molecular weight excluding hydrogens is 420 g/mol. The van der Waals surface area contributed by atoms with E-state index in [1.807, 2.05) is 61.5 Å². The van der Waals surface area contributed by atoms with Crippen molar-refractivity contribution in [3.8, 4) is 0 Å². The number of amides is 1. The third kappa shape index (κ3) is 4.50. The minimum absolute atomic E-state index is 0.0464. The van der Waals surface area contributed by atoms with Gasteiger partial charge in [-0.1, -0.05) is 66.7 Å². The molecule has 6 heteroatoms. The van der Waals surface area contributed by atoms with Gasteiger partial charge >= 0.3 is 0 Å². The molecule has 0 fully saturated rings. The maximum absolute atomic E-state index is 13.1. The monoisotopic (exact) mass is 444 g/mol. The zero-order valence-corrected chi connectivity index (χ0v) is 18.8. The van der Waals surface area contributed by atoms with Crippen molar-refractivity contribution < 1.29 is 13.2 Å². The van der Waals surface area contributed by atoms with Crippen LogP contribution < -0.4 is 4.72 Å². The molecule has 0 heterocycles. The zero-order valence-electron chi connectivity index (χ0n) is 17.9. The highest BCUT2D eigenvalue weighted by molar-refractivity contribution is 7.92. The Morgan fingerprint density at radius 1 is 0.875 bits per heavy atom. The van der Waals surface area contributed by atoms with Crippen molar-refractivity contribution in [1.29, 1.82) is 0 Å². The predicted molar refractivity (Wildman–Crippen MR) is 128 cm³/mol. The maximum Gasteiger partial charge on any atom is 0.261 e. The van der Waals surface area contributed by atoms with E-state index in [9.17, 15) is 13.2 Å². The molecule has 0 bridgehead atoms. The van der Waals surface area contributed by atoms with Gasteiger partial charge in [-0.25, -0.2) is 8.42 Å². The fourth-order valence-electron chi connectivity index (χ4n) is 3.67. The van der Waals surface area contributed by atoms with E-state index >= 15 is 0 Å². The third-order valence-corrected chi connectivity index (χ3v) is 6.78. The van der Waals surface area contributed by atoms with Gasteiger partial charge in [0.2, 0.25) is 0 Å². The molecule has 4 rings (SSSR count). The number of benzene rings is 4. The van der Waals surface area contributed by atoms with Crippen LogP contribution in [0.15, 0.2) is 95.9 Å². The topological polar surface area (TPSA) is 66.5 Å². The van der Waals surface area contributed by atoms with Crippen molar-refractivity contribution in [2.75, 3.05) is 11.8 Å². The second-order valence-electron chi connectivity index (χ2n) is 7.75. The summed E-state index contributed by atoms with van der Waals surface area (Å²) in [6.07, 6.45) is 0.